The number of nitrogens with zero attached hydrogens (tertiary/aromatic N) is 3. The van der Waals surface area contributed by atoms with Gasteiger partial charge in [0.1, 0.15) is 17.3 Å². The Morgan fingerprint density at radius 1 is 1.37 bits per heavy atom. The molecular formula is C13H17ClN4S. The summed E-state index contributed by atoms with van der Waals surface area (Å²) >= 11 is 7.81. The zero-order chi connectivity index (χ0) is 13.8. The lowest BCUT2D eigenvalue weighted by molar-refractivity contribution is 0.842. The molecule has 0 aliphatic rings. The Morgan fingerprint density at radius 2 is 2.16 bits per heavy atom. The Bertz CT molecular complexity index is 553. The molecule has 102 valence electrons. The number of aromatic nitrogens is 3. The van der Waals surface area contributed by atoms with Crippen molar-refractivity contribution in [2.24, 2.45) is 0 Å². The van der Waals surface area contributed by atoms with Gasteiger partial charge in [0, 0.05) is 29.6 Å². The number of hydrogen-bond donors (Lipinski definition) is 1. The summed E-state index contributed by atoms with van der Waals surface area (Å²) in [5.41, 5.74) is 2.05. The zero-order valence-corrected chi connectivity index (χ0v) is 12.8. The predicted octanol–water partition coefficient (Wildman–Crippen LogP) is 3.67. The van der Waals surface area contributed by atoms with Crippen LogP contribution in [0.1, 0.15) is 36.0 Å². The Morgan fingerprint density at radius 3 is 2.79 bits per heavy atom. The highest BCUT2D eigenvalue weighted by molar-refractivity contribution is 7.09. The first-order valence-corrected chi connectivity index (χ1v) is 7.49. The second kappa shape index (κ2) is 6.30. The van der Waals surface area contributed by atoms with Gasteiger partial charge in [0.2, 0.25) is 0 Å². The van der Waals surface area contributed by atoms with Crippen molar-refractivity contribution in [3.05, 3.63) is 33.1 Å². The van der Waals surface area contributed by atoms with Gasteiger partial charge in [0.25, 0.3) is 0 Å². The van der Waals surface area contributed by atoms with Crippen LogP contribution < -0.4 is 5.32 Å². The van der Waals surface area contributed by atoms with Crippen LogP contribution in [0.4, 0.5) is 5.82 Å². The highest BCUT2D eigenvalue weighted by Crippen LogP contribution is 2.27. The fourth-order valence-electron chi connectivity index (χ4n) is 1.83. The molecule has 0 aliphatic heterocycles. The molecule has 0 bridgehead atoms. The molecular weight excluding hydrogens is 280 g/mol. The minimum absolute atomic E-state index is 0.290. The van der Waals surface area contributed by atoms with E-state index in [0.717, 1.165) is 35.0 Å². The quantitative estimate of drug-likeness (QED) is 0.855. The SMILES string of the molecule is Cc1csc(CCNc2ncnc(Cl)c2C(C)C)n1. The number of nitrogens with one attached hydrogen (secondary N) is 1. The van der Waals surface area contributed by atoms with Gasteiger partial charge in [-0.25, -0.2) is 15.0 Å². The number of anilines is 1. The van der Waals surface area contributed by atoms with Crippen molar-refractivity contribution in [2.45, 2.75) is 33.1 Å². The van der Waals surface area contributed by atoms with Gasteiger partial charge in [0.05, 0.1) is 5.01 Å². The largest absolute Gasteiger partial charge is 0.369 e. The van der Waals surface area contributed by atoms with Crippen molar-refractivity contribution in [1.29, 1.82) is 0 Å². The first kappa shape index (κ1) is 14.2. The lowest BCUT2D eigenvalue weighted by atomic mass is 10.1. The van der Waals surface area contributed by atoms with Crippen molar-refractivity contribution in [3.8, 4) is 0 Å². The first-order chi connectivity index (χ1) is 9.08. The topological polar surface area (TPSA) is 50.7 Å². The molecule has 2 heterocycles. The summed E-state index contributed by atoms with van der Waals surface area (Å²) in [6, 6.07) is 0. The van der Waals surface area contributed by atoms with Crippen molar-refractivity contribution >= 4 is 28.8 Å². The number of halogens is 1. The molecule has 19 heavy (non-hydrogen) atoms. The van der Waals surface area contributed by atoms with Crippen molar-refractivity contribution in [3.63, 3.8) is 0 Å². The van der Waals surface area contributed by atoms with Crippen LogP contribution in [0, 0.1) is 6.92 Å². The van der Waals surface area contributed by atoms with Gasteiger partial charge in [0.15, 0.2) is 0 Å². The number of aryl methyl sites for hydroxylation is 1. The minimum atomic E-state index is 0.290. The van der Waals surface area contributed by atoms with Gasteiger partial charge in [-0.2, -0.15) is 0 Å². The summed E-state index contributed by atoms with van der Waals surface area (Å²) in [5, 5.41) is 7.05. The Balaban J connectivity index is 2.01. The summed E-state index contributed by atoms with van der Waals surface area (Å²) in [4.78, 5) is 12.7. The van der Waals surface area contributed by atoms with E-state index < -0.39 is 0 Å². The zero-order valence-electron chi connectivity index (χ0n) is 11.3. The van der Waals surface area contributed by atoms with Crippen LogP contribution in [0.5, 0.6) is 0 Å². The maximum atomic E-state index is 6.12. The molecule has 0 saturated carbocycles. The Kier molecular flexibility index (Phi) is 4.71. The fourth-order valence-corrected chi connectivity index (χ4v) is 2.96. The summed E-state index contributed by atoms with van der Waals surface area (Å²) in [6.45, 7) is 6.97. The molecule has 2 rings (SSSR count). The highest BCUT2D eigenvalue weighted by atomic mass is 35.5. The Hall–Kier alpha value is -1.20. The number of thiazole rings is 1. The lowest BCUT2D eigenvalue weighted by Gasteiger charge is -2.13. The third-order valence-electron chi connectivity index (χ3n) is 2.71. The molecule has 2 aromatic rings. The highest BCUT2D eigenvalue weighted by Gasteiger charge is 2.13. The first-order valence-electron chi connectivity index (χ1n) is 6.23. The van der Waals surface area contributed by atoms with E-state index in [1.165, 1.54) is 6.33 Å². The van der Waals surface area contributed by atoms with Crippen LogP contribution >= 0.6 is 22.9 Å². The molecule has 0 unspecified atom stereocenters. The van der Waals surface area contributed by atoms with Gasteiger partial charge < -0.3 is 5.32 Å². The van der Waals surface area contributed by atoms with Gasteiger partial charge in [-0.1, -0.05) is 25.4 Å². The van der Waals surface area contributed by atoms with Gasteiger partial charge in [-0.05, 0) is 12.8 Å². The van der Waals surface area contributed by atoms with Crippen LogP contribution in [0.25, 0.3) is 0 Å². The number of rotatable bonds is 5. The minimum Gasteiger partial charge on any atom is -0.369 e. The van der Waals surface area contributed by atoms with Crippen LogP contribution in [-0.4, -0.2) is 21.5 Å². The maximum Gasteiger partial charge on any atom is 0.138 e. The summed E-state index contributed by atoms with van der Waals surface area (Å²) in [6.07, 6.45) is 2.38. The van der Waals surface area contributed by atoms with E-state index in [2.05, 4.69) is 39.5 Å². The third-order valence-corrected chi connectivity index (χ3v) is 4.04. The van der Waals surface area contributed by atoms with Gasteiger partial charge >= 0.3 is 0 Å². The second-order valence-electron chi connectivity index (χ2n) is 4.64. The van der Waals surface area contributed by atoms with Gasteiger partial charge in [-0.3, -0.25) is 0 Å². The maximum absolute atomic E-state index is 6.12. The van der Waals surface area contributed by atoms with Crippen LogP contribution in [0.15, 0.2) is 11.7 Å². The lowest BCUT2D eigenvalue weighted by Crippen LogP contribution is -2.10. The molecule has 0 aromatic carbocycles. The van der Waals surface area contributed by atoms with Crippen molar-refractivity contribution < 1.29 is 0 Å². The summed E-state index contributed by atoms with van der Waals surface area (Å²) in [5.74, 6) is 1.11. The summed E-state index contributed by atoms with van der Waals surface area (Å²) < 4.78 is 0. The van der Waals surface area contributed by atoms with E-state index >= 15 is 0 Å². The van der Waals surface area contributed by atoms with E-state index in [4.69, 9.17) is 11.6 Å². The molecule has 0 spiro atoms. The standard InChI is InChI=1S/C13H17ClN4S/c1-8(2)11-12(14)16-7-17-13(11)15-5-4-10-18-9(3)6-19-10/h6-8H,4-5H2,1-3H3,(H,15,16,17). The molecule has 4 nitrogen and oxygen atoms in total. The van der Waals surface area contributed by atoms with E-state index in [1.54, 1.807) is 11.3 Å². The summed E-state index contributed by atoms with van der Waals surface area (Å²) in [7, 11) is 0. The average Bonchev–Trinajstić information content (AvgIpc) is 2.74. The molecule has 0 fully saturated rings. The molecule has 0 saturated heterocycles. The van der Waals surface area contributed by atoms with Crippen LogP contribution in [0.3, 0.4) is 0 Å². The van der Waals surface area contributed by atoms with E-state index in [1.807, 2.05) is 6.92 Å². The van der Waals surface area contributed by atoms with E-state index in [-0.39, 0.29) is 0 Å². The monoisotopic (exact) mass is 296 g/mol. The third kappa shape index (κ3) is 3.64. The fraction of sp³-hybridized carbons (Fsp3) is 0.462. The van der Waals surface area contributed by atoms with Crippen molar-refractivity contribution in [2.75, 3.05) is 11.9 Å². The molecule has 0 atom stereocenters. The van der Waals surface area contributed by atoms with E-state index in [9.17, 15) is 0 Å². The van der Waals surface area contributed by atoms with Gasteiger partial charge in [-0.15, -0.1) is 11.3 Å². The van der Waals surface area contributed by atoms with Crippen LogP contribution in [0.2, 0.25) is 5.15 Å². The number of hydrogen-bond acceptors (Lipinski definition) is 5. The molecule has 0 aliphatic carbocycles. The average molecular weight is 297 g/mol. The molecule has 6 heteroatoms. The molecule has 0 amide bonds. The van der Waals surface area contributed by atoms with Crippen LogP contribution in [-0.2, 0) is 6.42 Å². The predicted molar refractivity (Wildman–Crippen MR) is 80.2 cm³/mol. The molecule has 0 radical (unpaired) electrons. The normalized spacial score (nSPS) is 11.0. The second-order valence-corrected chi connectivity index (χ2v) is 5.94. The molecule has 2 aromatic heterocycles. The molecule has 1 N–H and O–H groups in total. The van der Waals surface area contributed by atoms with Crippen molar-refractivity contribution in [1.82, 2.24) is 15.0 Å². The Labute approximate surface area is 122 Å². The smallest absolute Gasteiger partial charge is 0.138 e. The van der Waals surface area contributed by atoms with E-state index in [0.29, 0.717) is 11.1 Å².